The minimum Gasteiger partial charge on any atom is -0.508 e. The number of aromatic hydroxyl groups is 1. The molecule has 145 heavy (non-hydrogen) atoms. The van der Waals surface area contributed by atoms with Gasteiger partial charge in [0.2, 0.25) is 0 Å². The fourth-order valence-corrected chi connectivity index (χ4v) is 28.3. The molecule has 19 heteroatoms. The molecule has 8 saturated heterocycles. The third-order valence-electron chi connectivity index (χ3n) is 36.8. The van der Waals surface area contributed by atoms with Crippen LogP contribution in [0.4, 0.5) is 8.78 Å². The molecule has 13 atom stereocenters. The van der Waals surface area contributed by atoms with Gasteiger partial charge in [0.25, 0.3) is 0 Å². The molecule has 0 bridgehead atoms. The molecule has 0 amide bonds. The highest BCUT2D eigenvalue weighted by Gasteiger charge is 2.59. The molecule has 1 N–H and O–H groups in total. The number of ketones is 8. The summed E-state index contributed by atoms with van der Waals surface area (Å²) in [5.41, 5.74) is 5.62. The van der Waals surface area contributed by atoms with E-state index in [0.29, 0.717) is 84.0 Å². The monoisotopic (exact) mass is 1970 g/mol. The van der Waals surface area contributed by atoms with Gasteiger partial charge < -0.3 is 5.11 Å². The van der Waals surface area contributed by atoms with E-state index >= 15 is 0 Å². The second-order valence-corrected chi connectivity index (χ2v) is 45.2. The molecular weight excluding hydrogens is 1810 g/mol. The summed E-state index contributed by atoms with van der Waals surface area (Å²) in [5.74, 6) is 4.29. The van der Waals surface area contributed by atoms with Crippen LogP contribution in [-0.4, -0.2) is 193 Å². The molecule has 0 aromatic heterocycles. The predicted molar refractivity (Wildman–Crippen MR) is 571 cm³/mol. The smallest absolute Gasteiger partial charge is 0.157 e. The molecule has 8 aromatic rings. The van der Waals surface area contributed by atoms with Crippen molar-refractivity contribution in [2.45, 2.75) is 354 Å². The summed E-state index contributed by atoms with van der Waals surface area (Å²) < 4.78 is 26.5. The predicted octanol–water partition coefficient (Wildman–Crippen LogP) is 23.9. The first-order valence-corrected chi connectivity index (χ1v) is 56.3. The van der Waals surface area contributed by atoms with Crippen molar-refractivity contribution in [2.24, 2.45) is 11.8 Å². The Morgan fingerprint density at radius 3 is 0.841 bits per heavy atom. The van der Waals surface area contributed by atoms with Gasteiger partial charge >= 0.3 is 0 Å². The summed E-state index contributed by atoms with van der Waals surface area (Å²) in [6, 6.07) is 74.7. The fraction of sp³-hybridized carbons (Fsp3) is 0.556. The van der Waals surface area contributed by atoms with Crippen LogP contribution >= 0.6 is 0 Å². The molecule has 8 aliphatic heterocycles. The van der Waals surface area contributed by atoms with Gasteiger partial charge in [0.15, 0.2) is 46.3 Å². The van der Waals surface area contributed by atoms with E-state index in [4.69, 9.17) is 0 Å². The van der Waals surface area contributed by atoms with Gasteiger partial charge in [-0.3, -0.25) is 77.6 Å². The number of nitrogens with zero attached hydrogens (tertiary/aromatic N) is 8. The quantitative estimate of drug-likeness (QED) is 0.0963. The van der Waals surface area contributed by atoms with E-state index in [2.05, 4.69) is 202 Å². The van der Waals surface area contributed by atoms with Gasteiger partial charge in [-0.1, -0.05) is 259 Å². The van der Waals surface area contributed by atoms with Crippen LogP contribution in [0, 0.1) is 23.5 Å². The lowest BCUT2D eigenvalue weighted by Crippen LogP contribution is -2.66. The van der Waals surface area contributed by atoms with Crippen LogP contribution in [0.5, 0.6) is 5.75 Å². The molecule has 16 aliphatic rings. The number of benzene rings is 8. The van der Waals surface area contributed by atoms with Crippen LogP contribution in [0.3, 0.4) is 0 Å². The second kappa shape index (κ2) is 47.5. The Balaban J connectivity index is 0.000000114. The first-order chi connectivity index (χ1) is 70.4. The molecule has 0 spiro atoms. The first kappa shape index (κ1) is 107. The number of halogens is 2. The highest BCUT2D eigenvalue weighted by Crippen LogP contribution is 2.54. The van der Waals surface area contributed by atoms with Crippen molar-refractivity contribution in [3.05, 3.63) is 281 Å². The number of rotatable bonds is 16. The normalized spacial score (nSPS) is 31.6. The van der Waals surface area contributed by atoms with Crippen LogP contribution in [0.2, 0.25) is 0 Å². The molecule has 24 rings (SSSR count). The zero-order valence-electron chi connectivity index (χ0n) is 87.7. The van der Waals surface area contributed by atoms with Crippen molar-refractivity contribution in [1.82, 2.24) is 39.2 Å². The molecule has 13 unspecified atom stereocenters. The van der Waals surface area contributed by atoms with Gasteiger partial charge in [0.05, 0.1) is 0 Å². The molecule has 8 saturated carbocycles. The van der Waals surface area contributed by atoms with Crippen LogP contribution in [0.15, 0.2) is 224 Å². The average Bonchev–Trinajstić information content (AvgIpc) is 0.727. The van der Waals surface area contributed by atoms with Gasteiger partial charge in [-0.05, 0) is 250 Å². The Morgan fingerprint density at radius 1 is 0.255 bits per heavy atom. The molecule has 0 radical (unpaired) electrons. The summed E-state index contributed by atoms with van der Waals surface area (Å²) in [6.07, 6.45) is 37.7. The number of carbonyl (C=O) groups excluding carboxylic acids is 8. The maximum atomic E-state index is 13.5. The van der Waals surface area contributed by atoms with Gasteiger partial charge in [-0.25, -0.2) is 8.78 Å². The summed E-state index contributed by atoms with van der Waals surface area (Å²) in [6.45, 7) is 25.9. The SMILES string of the molecule is CC1CC(C)N1C1(c2ccccc2)CCCCC1=O.CC1CCN1C1(c2ccccc2)CCCCC1=O.CC1CN(C2(c3ccccc3)CCCCC2=O)C1.CC1CN(C2(c3ccccc3)CCCCC2=O)C1C.O=C1CCCCC1(c1ccc(F)cc1)N1CCC1.O=C1CCCCC1(c1cccc(F)c1)N1CCC1.O=C1CCCCC1(c1ccccc1)N1CCC1.O=C1CCCCC1(c1ccccc1O)N1CCC1. The number of phenolic OH excluding ortho intramolecular Hbond substituents is 1. The van der Waals surface area contributed by atoms with Crippen molar-refractivity contribution >= 4 is 46.3 Å². The molecule has 8 heterocycles. The van der Waals surface area contributed by atoms with Gasteiger partial charge in [0, 0.05) is 160 Å². The minimum atomic E-state index is -0.540. The standard InChI is InChI=1S/2C17H23NO.2C16H21NO.2C15H18FNO.C15H19NO2.C15H19NO/c1-13-12-18(14(13)2)17(11-7-6-10-16(17)19)15-8-4-3-5-9-15;1-13-12-14(2)18(13)17(11-7-6-10-16(17)19)15-8-4-3-5-9-15;1-13-10-12-17(13)16(11-6-5-9-15(16)18)14-7-3-2-4-8-14;1-13-11-17(12-13)16(10-6-5-9-15(16)18)14-7-3-2-4-8-14;16-13-6-3-5-12(11-13)15(17-9-4-10-17)8-2-1-7-14(15)18;16-13-7-5-12(6-8-13)15(17-10-3-11-17)9-2-1-4-14(15)18;17-13-7-2-1-6-12(13)15(16-10-5-11-16)9-4-3-8-14(15)18;17-14-9-4-5-10-15(14,16-11-6-12-16)13-7-2-1-3-8-13/h2*3-5,8-9,13-14H,6-7,10-12H2,1-2H3;2*2-4,7-8,13H,5-6,9-12H2,1H3;3,5-6,11H,1-2,4,7-10H2;5-8H,1-4,9-11H2;1-2,6-7,17H,3-5,8-11H2;1-3,7-8H,4-6,9-12H2. The molecule has 8 aromatic carbocycles. The van der Waals surface area contributed by atoms with Crippen molar-refractivity contribution < 1.29 is 52.2 Å². The molecule has 774 valence electrons. The van der Waals surface area contributed by atoms with Crippen LogP contribution in [-0.2, 0) is 82.7 Å². The number of hydrogen-bond donors (Lipinski definition) is 1. The number of carbonyl (C=O) groups is 8. The van der Waals surface area contributed by atoms with E-state index in [0.717, 1.165) is 287 Å². The van der Waals surface area contributed by atoms with E-state index in [1.165, 1.54) is 84.5 Å². The summed E-state index contributed by atoms with van der Waals surface area (Å²) in [4.78, 5) is 120. The lowest BCUT2D eigenvalue weighted by Gasteiger charge is -2.57. The zero-order valence-corrected chi connectivity index (χ0v) is 87.7. The number of Topliss-reactive ketones (excluding diaryl/α,β-unsaturated/α-hetero) is 8. The van der Waals surface area contributed by atoms with Gasteiger partial charge in [0.1, 0.15) is 61.7 Å². The maximum absolute atomic E-state index is 13.5. The van der Waals surface area contributed by atoms with Crippen LogP contribution in [0.1, 0.15) is 330 Å². The Kier molecular flexibility index (Phi) is 35.0. The van der Waals surface area contributed by atoms with E-state index in [-0.39, 0.29) is 56.6 Å². The average molecular weight is 1970 g/mol. The lowest BCUT2D eigenvalue weighted by molar-refractivity contribution is -0.150. The first-order valence-electron chi connectivity index (χ1n) is 56.3. The number of likely N-dealkylation sites (tertiary alicyclic amines) is 8. The van der Waals surface area contributed by atoms with Gasteiger partial charge in [-0.2, -0.15) is 0 Å². The van der Waals surface area contributed by atoms with Crippen molar-refractivity contribution in [1.29, 1.82) is 0 Å². The molecular formula is C126H162F2N8O9. The highest BCUT2D eigenvalue weighted by atomic mass is 19.1. The Morgan fingerprint density at radius 2 is 0.545 bits per heavy atom. The molecule has 16 fully saturated rings. The third-order valence-corrected chi connectivity index (χ3v) is 36.8. The molecule has 8 aliphatic carbocycles. The topological polar surface area (TPSA) is 183 Å². The summed E-state index contributed by atoms with van der Waals surface area (Å²) in [5, 5.41) is 10.1. The largest absolute Gasteiger partial charge is 0.508 e. The fourth-order valence-electron chi connectivity index (χ4n) is 28.3. The number of phenols is 1. The maximum Gasteiger partial charge on any atom is 0.157 e. The second-order valence-electron chi connectivity index (χ2n) is 45.2. The third kappa shape index (κ3) is 21.1. The van der Waals surface area contributed by atoms with E-state index in [1.807, 2.05) is 54.6 Å². The highest BCUT2D eigenvalue weighted by molar-refractivity contribution is 5.95. The van der Waals surface area contributed by atoms with E-state index < -0.39 is 16.6 Å². The van der Waals surface area contributed by atoms with E-state index in [1.54, 1.807) is 30.3 Å². The number of para-hydroxylation sites is 1. The minimum absolute atomic E-state index is 0.235. The Labute approximate surface area is 863 Å². The van der Waals surface area contributed by atoms with Crippen LogP contribution in [0.25, 0.3) is 0 Å². The lowest BCUT2D eigenvalue weighted by atomic mass is 9.70. The van der Waals surface area contributed by atoms with Crippen molar-refractivity contribution in [3.63, 3.8) is 0 Å². The van der Waals surface area contributed by atoms with Crippen molar-refractivity contribution in [2.75, 3.05) is 78.5 Å². The Bertz CT molecular complexity index is 5670. The summed E-state index contributed by atoms with van der Waals surface area (Å²) >= 11 is 0. The van der Waals surface area contributed by atoms with Gasteiger partial charge in [-0.15, -0.1) is 0 Å². The number of hydrogen-bond acceptors (Lipinski definition) is 17. The zero-order chi connectivity index (χ0) is 102. The Hall–Kier alpha value is -9.54. The van der Waals surface area contributed by atoms with Crippen LogP contribution < -0.4 is 0 Å². The molecule has 17 nitrogen and oxygen atoms in total. The summed E-state index contributed by atoms with van der Waals surface area (Å²) in [7, 11) is 0. The van der Waals surface area contributed by atoms with Crippen molar-refractivity contribution in [3.8, 4) is 5.75 Å². The van der Waals surface area contributed by atoms with E-state index in [9.17, 15) is 52.2 Å².